The van der Waals surface area contributed by atoms with Gasteiger partial charge in [-0.3, -0.25) is 4.79 Å². The number of likely N-dealkylation sites (tertiary alicyclic amines) is 1. The first-order valence-electron chi connectivity index (χ1n) is 11.7. The number of benzene rings is 2. The number of fused-ring (bicyclic) bond motifs is 3. The van der Waals surface area contributed by atoms with Crippen LogP contribution in [0, 0.1) is 11.8 Å². The fourth-order valence-electron chi connectivity index (χ4n) is 5.59. The van der Waals surface area contributed by atoms with Crippen molar-refractivity contribution in [1.29, 1.82) is 0 Å². The van der Waals surface area contributed by atoms with Crippen LogP contribution in [0.4, 0.5) is 4.79 Å². The standard InChI is InChI=1S/C26H28N2O5/c29-24(28-13-12-23(28)25(30)31)17-11-5-6-16(17)14-27-26(32)33-15-22-20-9-3-1-7-18(20)19-8-2-4-10-21(19)22/h1-4,7-10,16-17,22-23H,5-6,11-15H2,(H,27,32)(H,30,31). The van der Waals surface area contributed by atoms with Gasteiger partial charge in [0.05, 0.1) is 0 Å². The smallest absolute Gasteiger partial charge is 0.407 e. The highest BCUT2D eigenvalue weighted by Gasteiger charge is 2.43. The van der Waals surface area contributed by atoms with Crippen molar-refractivity contribution in [2.75, 3.05) is 19.7 Å². The molecule has 1 saturated carbocycles. The van der Waals surface area contributed by atoms with E-state index in [2.05, 4.69) is 29.6 Å². The van der Waals surface area contributed by atoms with Crippen molar-refractivity contribution in [1.82, 2.24) is 10.2 Å². The van der Waals surface area contributed by atoms with Crippen molar-refractivity contribution >= 4 is 18.0 Å². The molecule has 1 heterocycles. The van der Waals surface area contributed by atoms with E-state index in [1.807, 2.05) is 24.3 Å². The van der Waals surface area contributed by atoms with Crippen LogP contribution in [0.3, 0.4) is 0 Å². The van der Waals surface area contributed by atoms with E-state index < -0.39 is 18.1 Å². The van der Waals surface area contributed by atoms with Gasteiger partial charge in [-0.15, -0.1) is 0 Å². The molecule has 5 rings (SSSR count). The minimum absolute atomic E-state index is 0.00308. The molecule has 33 heavy (non-hydrogen) atoms. The van der Waals surface area contributed by atoms with Gasteiger partial charge in [-0.25, -0.2) is 9.59 Å². The van der Waals surface area contributed by atoms with Crippen LogP contribution in [0.2, 0.25) is 0 Å². The predicted octanol–water partition coefficient (Wildman–Crippen LogP) is 3.63. The Morgan fingerprint density at radius 2 is 1.64 bits per heavy atom. The number of hydrogen-bond acceptors (Lipinski definition) is 4. The Kier molecular flexibility index (Phi) is 5.79. The lowest BCUT2D eigenvalue weighted by Crippen LogP contribution is -2.57. The van der Waals surface area contributed by atoms with Gasteiger partial charge in [0, 0.05) is 24.9 Å². The summed E-state index contributed by atoms with van der Waals surface area (Å²) in [5, 5.41) is 12.1. The highest BCUT2D eigenvalue weighted by molar-refractivity contribution is 5.87. The van der Waals surface area contributed by atoms with Crippen LogP contribution in [-0.2, 0) is 14.3 Å². The molecule has 3 atom stereocenters. The number of alkyl carbamates (subject to hydrolysis) is 1. The van der Waals surface area contributed by atoms with E-state index in [0.29, 0.717) is 19.5 Å². The molecule has 2 fully saturated rings. The maximum Gasteiger partial charge on any atom is 0.407 e. The fourth-order valence-corrected chi connectivity index (χ4v) is 5.59. The van der Waals surface area contributed by atoms with Crippen LogP contribution >= 0.6 is 0 Å². The first-order chi connectivity index (χ1) is 16.0. The Labute approximate surface area is 192 Å². The molecule has 3 unspecified atom stereocenters. The average Bonchev–Trinajstić information content (AvgIpc) is 3.38. The summed E-state index contributed by atoms with van der Waals surface area (Å²) in [4.78, 5) is 38.1. The molecular formula is C26H28N2O5. The Morgan fingerprint density at radius 3 is 2.24 bits per heavy atom. The first-order valence-corrected chi connectivity index (χ1v) is 11.7. The van der Waals surface area contributed by atoms with Gasteiger partial charge in [0.2, 0.25) is 5.91 Å². The summed E-state index contributed by atoms with van der Waals surface area (Å²) in [5.74, 6) is -1.26. The van der Waals surface area contributed by atoms with Gasteiger partial charge in [0.15, 0.2) is 0 Å². The molecule has 2 amide bonds. The summed E-state index contributed by atoms with van der Waals surface area (Å²) in [7, 11) is 0. The number of carboxylic acids is 1. The molecule has 2 aromatic rings. The zero-order valence-corrected chi connectivity index (χ0v) is 18.4. The van der Waals surface area contributed by atoms with E-state index in [1.54, 1.807) is 0 Å². The number of carbonyl (C=O) groups excluding carboxylic acids is 2. The van der Waals surface area contributed by atoms with Gasteiger partial charge in [-0.1, -0.05) is 55.0 Å². The van der Waals surface area contributed by atoms with Crippen LogP contribution in [0.1, 0.15) is 42.7 Å². The monoisotopic (exact) mass is 448 g/mol. The summed E-state index contributed by atoms with van der Waals surface area (Å²) in [5.41, 5.74) is 4.69. The molecule has 1 saturated heterocycles. The zero-order chi connectivity index (χ0) is 22.9. The first kappa shape index (κ1) is 21.5. The van der Waals surface area contributed by atoms with E-state index >= 15 is 0 Å². The van der Waals surface area contributed by atoms with Crippen molar-refractivity contribution in [2.24, 2.45) is 11.8 Å². The summed E-state index contributed by atoms with van der Waals surface area (Å²) < 4.78 is 5.60. The number of nitrogens with one attached hydrogen (secondary N) is 1. The zero-order valence-electron chi connectivity index (χ0n) is 18.4. The normalized spacial score (nSPS) is 23.4. The molecule has 7 nitrogen and oxygen atoms in total. The second-order valence-electron chi connectivity index (χ2n) is 9.18. The maximum absolute atomic E-state index is 12.8. The molecule has 0 bridgehead atoms. The molecule has 7 heteroatoms. The molecule has 0 radical (unpaired) electrons. The highest BCUT2D eigenvalue weighted by atomic mass is 16.5. The number of carboxylic acid groups (broad SMARTS) is 1. The quantitative estimate of drug-likeness (QED) is 0.704. The number of amides is 2. The van der Waals surface area contributed by atoms with Gasteiger partial charge in [-0.2, -0.15) is 0 Å². The average molecular weight is 449 g/mol. The van der Waals surface area contributed by atoms with Crippen LogP contribution in [0.15, 0.2) is 48.5 Å². The third-order valence-corrected chi connectivity index (χ3v) is 7.42. The number of aliphatic carboxylic acids is 1. The SMILES string of the molecule is O=C(NCC1CCCC1C(=O)N1CCC1C(=O)O)OCC1c2ccccc2-c2ccccc21. The lowest BCUT2D eigenvalue weighted by Gasteiger charge is -2.40. The van der Waals surface area contributed by atoms with E-state index in [1.165, 1.54) is 16.0 Å². The minimum Gasteiger partial charge on any atom is -0.480 e. The molecular weight excluding hydrogens is 420 g/mol. The molecule has 2 aliphatic carbocycles. The minimum atomic E-state index is -0.944. The van der Waals surface area contributed by atoms with Crippen molar-refractivity contribution < 1.29 is 24.2 Å². The molecule has 3 aliphatic rings. The van der Waals surface area contributed by atoms with Crippen molar-refractivity contribution in [2.45, 2.75) is 37.6 Å². The lowest BCUT2D eigenvalue weighted by atomic mass is 9.91. The van der Waals surface area contributed by atoms with Crippen molar-refractivity contribution in [3.05, 3.63) is 59.7 Å². The highest BCUT2D eigenvalue weighted by Crippen LogP contribution is 2.44. The molecule has 2 N–H and O–H groups in total. The van der Waals surface area contributed by atoms with Crippen molar-refractivity contribution in [3.8, 4) is 11.1 Å². The fraction of sp³-hybridized carbons (Fsp3) is 0.423. The Bertz CT molecular complexity index is 1040. The second-order valence-corrected chi connectivity index (χ2v) is 9.18. The van der Waals surface area contributed by atoms with Crippen LogP contribution in [0.25, 0.3) is 11.1 Å². The van der Waals surface area contributed by atoms with Gasteiger partial charge in [0.25, 0.3) is 0 Å². The number of carbonyl (C=O) groups is 3. The van der Waals surface area contributed by atoms with E-state index in [4.69, 9.17) is 4.74 Å². The number of ether oxygens (including phenoxy) is 1. The molecule has 2 aromatic carbocycles. The topological polar surface area (TPSA) is 95.9 Å². The van der Waals surface area contributed by atoms with Gasteiger partial charge in [0.1, 0.15) is 12.6 Å². The maximum atomic E-state index is 12.8. The van der Waals surface area contributed by atoms with Crippen LogP contribution < -0.4 is 5.32 Å². The molecule has 0 aromatic heterocycles. The summed E-state index contributed by atoms with van der Waals surface area (Å²) in [6.45, 7) is 1.11. The summed E-state index contributed by atoms with van der Waals surface area (Å²) in [6.07, 6.45) is 2.50. The molecule has 0 spiro atoms. The lowest BCUT2D eigenvalue weighted by molar-refractivity contribution is -0.159. The van der Waals surface area contributed by atoms with Crippen LogP contribution in [-0.4, -0.2) is 53.7 Å². The number of nitrogens with zero attached hydrogens (tertiary/aromatic N) is 1. The Hall–Kier alpha value is -3.35. The van der Waals surface area contributed by atoms with Crippen LogP contribution in [0.5, 0.6) is 0 Å². The third kappa shape index (κ3) is 3.96. The van der Waals surface area contributed by atoms with Crippen molar-refractivity contribution in [3.63, 3.8) is 0 Å². The second kappa shape index (κ2) is 8.89. The number of hydrogen-bond donors (Lipinski definition) is 2. The Balaban J connectivity index is 1.16. The van der Waals surface area contributed by atoms with E-state index in [-0.39, 0.29) is 30.3 Å². The van der Waals surface area contributed by atoms with Gasteiger partial charge >= 0.3 is 12.1 Å². The van der Waals surface area contributed by atoms with E-state index in [9.17, 15) is 19.5 Å². The Morgan fingerprint density at radius 1 is 0.970 bits per heavy atom. The summed E-state index contributed by atoms with van der Waals surface area (Å²) in [6, 6.07) is 15.7. The molecule has 172 valence electrons. The van der Waals surface area contributed by atoms with Gasteiger partial charge in [-0.05, 0) is 47.4 Å². The third-order valence-electron chi connectivity index (χ3n) is 7.42. The van der Waals surface area contributed by atoms with Gasteiger partial charge < -0.3 is 20.1 Å². The summed E-state index contributed by atoms with van der Waals surface area (Å²) >= 11 is 0. The largest absolute Gasteiger partial charge is 0.480 e. The predicted molar refractivity (Wildman–Crippen MR) is 122 cm³/mol. The van der Waals surface area contributed by atoms with E-state index in [0.717, 1.165) is 30.4 Å². The molecule has 1 aliphatic heterocycles. The number of rotatable bonds is 6.